The zero-order chi connectivity index (χ0) is 21.9. The van der Waals surface area contributed by atoms with Crippen LogP contribution in [0.3, 0.4) is 0 Å². The lowest BCUT2D eigenvalue weighted by atomic mass is 10.0. The van der Waals surface area contributed by atoms with Gasteiger partial charge >= 0.3 is 0 Å². The van der Waals surface area contributed by atoms with Crippen LogP contribution in [-0.2, 0) is 13.0 Å². The molecule has 0 aromatic heterocycles. The summed E-state index contributed by atoms with van der Waals surface area (Å²) in [4.78, 5) is 0. The molecule has 1 aromatic rings. The highest BCUT2D eigenvalue weighted by Gasteiger charge is 2.15. The van der Waals surface area contributed by atoms with Gasteiger partial charge in [0.1, 0.15) is 6.54 Å². The molecule has 1 heteroatoms. The number of hydrogen-bond donors (Lipinski definition) is 0. The summed E-state index contributed by atoms with van der Waals surface area (Å²) in [5, 5.41) is 0. The highest BCUT2D eigenvalue weighted by atomic mass is 15.3. The lowest BCUT2D eigenvalue weighted by Crippen LogP contribution is -2.39. The van der Waals surface area contributed by atoms with Crippen LogP contribution in [-0.4, -0.2) is 25.1 Å². The molecule has 0 bridgehead atoms. The molecule has 0 unspecified atom stereocenters. The first-order valence-electron chi connectivity index (χ1n) is 13.5. The number of aryl methyl sites for hydroxylation is 1. The van der Waals surface area contributed by atoms with Gasteiger partial charge in [0.2, 0.25) is 0 Å². The zero-order valence-electron chi connectivity index (χ0n) is 21.2. The third-order valence-corrected chi connectivity index (χ3v) is 6.66. The summed E-state index contributed by atoms with van der Waals surface area (Å²) < 4.78 is 1.12. The molecular formula is C29H54N+. The molecule has 0 aliphatic rings. The van der Waals surface area contributed by atoms with E-state index >= 15 is 0 Å². The van der Waals surface area contributed by atoms with Crippen molar-refractivity contribution < 1.29 is 4.48 Å². The van der Waals surface area contributed by atoms with Crippen molar-refractivity contribution in [2.45, 2.75) is 130 Å². The lowest BCUT2D eigenvalue weighted by Gasteiger charge is -2.30. The SMILES string of the molecule is CCCCCCCCCCCCCCCCCC[N+](C)(C)Cc1ccc(CC)cc1. The summed E-state index contributed by atoms with van der Waals surface area (Å²) in [7, 11) is 4.78. The summed E-state index contributed by atoms with van der Waals surface area (Å²) in [5.41, 5.74) is 2.93. The summed E-state index contributed by atoms with van der Waals surface area (Å²) in [6.07, 6.45) is 24.3. The van der Waals surface area contributed by atoms with Crippen LogP contribution in [0, 0.1) is 0 Å². The van der Waals surface area contributed by atoms with Crippen molar-refractivity contribution in [3.63, 3.8) is 0 Å². The van der Waals surface area contributed by atoms with Crippen molar-refractivity contribution in [1.82, 2.24) is 0 Å². The van der Waals surface area contributed by atoms with Gasteiger partial charge in [-0.3, -0.25) is 0 Å². The average Bonchev–Trinajstić information content (AvgIpc) is 2.73. The first-order valence-corrected chi connectivity index (χ1v) is 13.5. The monoisotopic (exact) mass is 416 g/mol. The van der Waals surface area contributed by atoms with E-state index in [1.54, 1.807) is 0 Å². The fourth-order valence-electron chi connectivity index (χ4n) is 4.54. The lowest BCUT2D eigenvalue weighted by molar-refractivity contribution is -0.903. The van der Waals surface area contributed by atoms with E-state index in [0.717, 1.165) is 17.4 Å². The molecule has 30 heavy (non-hydrogen) atoms. The van der Waals surface area contributed by atoms with Gasteiger partial charge in [0.05, 0.1) is 20.6 Å². The van der Waals surface area contributed by atoms with E-state index in [-0.39, 0.29) is 0 Å². The van der Waals surface area contributed by atoms with Gasteiger partial charge in [0.25, 0.3) is 0 Å². The van der Waals surface area contributed by atoms with Gasteiger partial charge in [-0.15, -0.1) is 0 Å². The van der Waals surface area contributed by atoms with Crippen LogP contribution in [0.4, 0.5) is 0 Å². The predicted molar refractivity (Wildman–Crippen MR) is 136 cm³/mol. The summed E-state index contributed by atoms with van der Waals surface area (Å²) in [6.45, 7) is 6.98. The van der Waals surface area contributed by atoms with E-state index in [9.17, 15) is 0 Å². The molecule has 0 N–H and O–H groups in total. The van der Waals surface area contributed by atoms with Crippen LogP contribution >= 0.6 is 0 Å². The number of benzene rings is 1. The Kier molecular flexibility index (Phi) is 16.2. The molecule has 0 fully saturated rings. The minimum absolute atomic E-state index is 1.12. The number of hydrogen-bond acceptors (Lipinski definition) is 0. The standard InChI is InChI=1S/C29H54N/c1-5-7-8-9-10-11-12-13-14-15-16-17-18-19-20-21-26-30(3,4)27-29-24-22-28(6-2)23-25-29/h22-25H,5-21,26-27H2,1-4H3/q+1. The van der Waals surface area contributed by atoms with Crippen molar-refractivity contribution in [1.29, 1.82) is 0 Å². The maximum absolute atomic E-state index is 2.39. The predicted octanol–water partition coefficient (Wildman–Crippen LogP) is 9.09. The molecule has 0 radical (unpaired) electrons. The van der Waals surface area contributed by atoms with Crippen molar-refractivity contribution in [3.8, 4) is 0 Å². The molecule has 174 valence electrons. The Labute approximate surface area is 190 Å². The van der Waals surface area contributed by atoms with Gasteiger partial charge in [-0.2, -0.15) is 0 Å². The van der Waals surface area contributed by atoms with Crippen molar-refractivity contribution in [2.75, 3.05) is 20.6 Å². The summed E-state index contributed by atoms with van der Waals surface area (Å²) in [5.74, 6) is 0. The Hall–Kier alpha value is -0.820. The molecule has 0 saturated heterocycles. The fraction of sp³-hybridized carbons (Fsp3) is 0.793. The van der Waals surface area contributed by atoms with Gasteiger partial charge in [-0.05, 0) is 24.8 Å². The van der Waals surface area contributed by atoms with Gasteiger partial charge in [0.15, 0.2) is 0 Å². The molecule has 1 nitrogen and oxygen atoms in total. The summed E-state index contributed by atoms with van der Waals surface area (Å²) >= 11 is 0. The largest absolute Gasteiger partial charge is 0.325 e. The van der Waals surface area contributed by atoms with Crippen LogP contribution in [0.25, 0.3) is 0 Å². The molecule has 0 atom stereocenters. The average molecular weight is 417 g/mol. The van der Waals surface area contributed by atoms with Crippen LogP contribution < -0.4 is 0 Å². The molecule has 1 rings (SSSR count). The quantitative estimate of drug-likeness (QED) is 0.147. The van der Waals surface area contributed by atoms with Crippen LogP contribution in [0.15, 0.2) is 24.3 Å². The topological polar surface area (TPSA) is 0 Å². The minimum atomic E-state index is 1.12. The highest BCUT2D eigenvalue weighted by Crippen LogP contribution is 2.16. The van der Waals surface area contributed by atoms with Crippen LogP contribution in [0.5, 0.6) is 0 Å². The molecule has 0 aliphatic heterocycles. The van der Waals surface area contributed by atoms with Crippen LogP contribution in [0.1, 0.15) is 128 Å². The maximum atomic E-state index is 2.39. The molecule has 0 amide bonds. The Bertz CT molecular complexity index is 488. The van der Waals surface area contributed by atoms with Crippen LogP contribution in [0.2, 0.25) is 0 Å². The second-order valence-electron chi connectivity index (χ2n) is 10.3. The third kappa shape index (κ3) is 15.1. The second-order valence-corrected chi connectivity index (χ2v) is 10.3. The van der Waals surface area contributed by atoms with E-state index in [4.69, 9.17) is 0 Å². The first-order chi connectivity index (χ1) is 14.6. The maximum Gasteiger partial charge on any atom is 0.104 e. The van der Waals surface area contributed by atoms with Crippen molar-refractivity contribution in [2.24, 2.45) is 0 Å². The molecule has 0 heterocycles. The van der Waals surface area contributed by atoms with Gasteiger partial charge in [0, 0.05) is 5.56 Å². The second kappa shape index (κ2) is 17.8. The van der Waals surface area contributed by atoms with E-state index in [1.165, 1.54) is 120 Å². The Balaban J connectivity index is 1.89. The van der Waals surface area contributed by atoms with Crippen molar-refractivity contribution >= 4 is 0 Å². The van der Waals surface area contributed by atoms with Crippen molar-refractivity contribution in [3.05, 3.63) is 35.4 Å². The fourth-order valence-corrected chi connectivity index (χ4v) is 4.54. The Morgan fingerprint density at radius 2 is 0.867 bits per heavy atom. The van der Waals surface area contributed by atoms with Gasteiger partial charge in [-0.25, -0.2) is 0 Å². The van der Waals surface area contributed by atoms with Gasteiger partial charge in [-0.1, -0.05) is 128 Å². The third-order valence-electron chi connectivity index (χ3n) is 6.66. The molecule has 0 spiro atoms. The summed E-state index contributed by atoms with van der Waals surface area (Å²) in [6, 6.07) is 9.24. The van der Waals surface area contributed by atoms with Gasteiger partial charge < -0.3 is 4.48 Å². The normalized spacial score (nSPS) is 11.9. The minimum Gasteiger partial charge on any atom is -0.325 e. The van der Waals surface area contributed by atoms with E-state index in [2.05, 4.69) is 52.2 Å². The Morgan fingerprint density at radius 3 is 1.27 bits per heavy atom. The van der Waals surface area contributed by atoms with E-state index in [1.807, 2.05) is 0 Å². The van der Waals surface area contributed by atoms with E-state index in [0.29, 0.717) is 0 Å². The number of unbranched alkanes of at least 4 members (excludes halogenated alkanes) is 15. The molecule has 0 saturated carbocycles. The highest BCUT2D eigenvalue weighted by molar-refractivity contribution is 5.21. The smallest absolute Gasteiger partial charge is 0.104 e. The van der Waals surface area contributed by atoms with E-state index < -0.39 is 0 Å². The first kappa shape index (κ1) is 27.2. The number of quaternary nitrogens is 1. The molecule has 0 aliphatic carbocycles. The molecular weight excluding hydrogens is 362 g/mol. The Morgan fingerprint density at radius 1 is 0.500 bits per heavy atom. The number of rotatable bonds is 20. The zero-order valence-corrected chi connectivity index (χ0v) is 21.2. The number of nitrogens with zero attached hydrogens (tertiary/aromatic N) is 1. The molecule has 1 aromatic carbocycles.